The quantitative estimate of drug-likeness (QED) is 0.881. The Labute approximate surface area is 107 Å². The number of carboxylic acids is 1. The van der Waals surface area contributed by atoms with Crippen LogP contribution in [-0.4, -0.2) is 23.0 Å². The summed E-state index contributed by atoms with van der Waals surface area (Å²) in [7, 11) is 0. The van der Waals surface area contributed by atoms with E-state index in [-0.39, 0.29) is 5.56 Å². The van der Waals surface area contributed by atoms with Crippen LogP contribution in [0.1, 0.15) is 18.1 Å². The second kappa shape index (κ2) is 5.73. The van der Waals surface area contributed by atoms with Crippen molar-refractivity contribution in [3.63, 3.8) is 0 Å². The second-order valence-electron chi connectivity index (χ2n) is 3.95. The fourth-order valence-corrected chi connectivity index (χ4v) is 1.64. The van der Waals surface area contributed by atoms with Gasteiger partial charge in [-0.05, 0) is 11.6 Å². The first-order valence-corrected chi connectivity index (χ1v) is 5.37. The van der Waals surface area contributed by atoms with Gasteiger partial charge in [0.2, 0.25) is 5.91 Å². The van der Waals surface area contributed by atoms with Crippen molar-refractivity contribution >= 4 is 11.9 Å². The van der Waals surface area contributed by atoms with Gasteiger partial charge in [-0.1, -0.05) is 18.2 Å². The maximum atomic E-state index is 12.7. The van der Waals surface area contributed by atoms with Crippen molar-refractivity contribution in [3.8, 4) is 0 Å². The van der Waals surface area contributed by atoms with Gasteiger partial charge < -0.3 is 10.4 Å². The highest BCUT2D eigenvalue weighted by Gasteiger charge is 2.34. The fraction of sp³-hybridized carbons (Fsp3) is 0.333. The second-order valence-corrected chi connectivity index (χ2v) is 3.95. The molecule has 0 aromatic heterocycles. The van der Waals surface area contributed by atoms with Crippen molar-refractivity contribution in [1.82, 2.24) is 5.32 Å². The lowest BCUT2D eigenvalue weighted by Crippen LogP contribution is -2.41. The summed E-state index contributed by atoms with van der Waals surface area (Å²) in [6, 6.07) is 3.29. The SMILES string of the molecule is CC(=O)NC(Cc1ccccc1C(F)(F)F)C(=O)O. The number of alkyl halides is 3. The summed E-state index contributed by atoms with van der Waals surface area (Å²) in [5, 5.41) is 11.0. The average molecular weight is 275 g/mol. The molecular weight excluding hydrogens is 263 g/mol. The maximum absolute atomic E-state index is 12.7. The lowest BCUT2D eigenvalue weighted by molar-refractivity contribution is -0.142. The minimum atomic E-state index is -4.56. The number of hydrogen-bond acceptors (Lipinski definition) is 2. The number of nitrogens with one attached hydrogen (secondary N) is 1. The van der Waals surface area contributed by atoms with Crippen LogP contribution in [0, 0.1) is 0 Å². The molecule has 0 spiro atoms. The molecule has 1 amide bonds. The summed E-state index contributed by atoms with van der Waals surface area (Å²) in [6.07, 6.45) is -4.99. The smallest absolute Gasteiger partial charge is 0.416 e. The Balaban J connectivity index is 3.03. The predicted octanol–water partition coefficient (Wildman–Crippen LogP) is 1.84. The Kier molecular flexibility index (Phi) is 4.52. The summed E-state index contributed by atoms with van der Waals surface area (Å²) >= 11 is 0. The third-order valence-corrected chi connectivity index (χ3v) is 2.42. The standard InChI is InChI=1S/C12H12F3NO3/c1-7(17)16-10(11(18)19)6-8-4-2-3-5-9(8)12(13,14)15/h2-5,10H,6H2,1H3,(H,16,17)(H,18,19). The number of benzene rings is 1. The predicted molar refractivity (Wildman–Crippen MR) is 60.4 cm³/mol. The zero-order chi connectivity index (χ0) is 14.6. The Morgan fingerprint density at radius 3 is 2.37 bits per heavy atom. The largest absolute Gasteiger partial charge is 0.480 e. The molecule has 7 heteroatoms. The first kappa shape index (κ1) is 15.0. The zero-order valence-electron chi connectivity index (χ0n) is 9.99. The summed E-state index contributed by atoms with van der Waals surface area (Å²) in [5.74, 6) is -2.00. The molecule has 0 saturated carbocycles. The van der Waals surface area contributed by atoms with E-state index in [4.69, 9.17) is 5.11 Å². The van der Waals surface area contributed by atoms with Crippen LogP contribution in [0.5, 0.6) is 0 Å². The first-order valence-electron chi connectivity index (χ1n) is 5.37. The van der Waals surface area contributed by atoms with E-state index in [9.17, 15) is 22.8 Å². The molecule has 0 bridgehead atoms. The van der Waals surface area contributed by atoms with E-state index >= 15 is 0 Å². The summed E-state index contributed by atoms with van der Waals surface area (Å²) < 4.78 is 38.2. The van der Waals surface area contributed by atoms with Crippen molar-refractivity contribution in [3.05, 3.63) is 35.4 Å². The lowest BCUT2D eigenvalue weighted by Gasteiger charge is -2.17. The molecule has 104 valence electrons. The third kappa shape index (κ3) is 4.27. The van der Waals surface area contributed by atoms with E-state index in [2.05, 4.69) is 5.32 Å². The lowest BCUT2D eigenvalue weighted by atomic mass is 10.00. The molecule has 4 nitrogen and oxygen atoms in total. The van der Waals surface area contributed by atoms with Crippen LogP contribution in [0.25, 0.3) is 0 Å². The van der Waals surface area contributed by atoms with Crippen LogP contribution in [0.4, 0.5) is 13.2 Å². The molecule has 1 unspecified atom stereocenters. The van der Waals surface area contributed by atoms with Crippen LogP contribution >= 0.6 is 0 Å². The zero-order valence-corrected chi connectivity index (χ0v) is 9.99. The number of carbonyl (C=O) groups excluding carboxylic acids is 1. The molecule has 0 aliphatic heterocycles. The third-order valence-electron chi connectivity index (χ3n) is 2.42. The topological polar surface area (TPSA) is 66.4 Å². The van der Waals surface area contributed by atoms with Crippen LogP contribution in [0.3, 0.4) is 0 Å². The van der Waals surface area contributed by atoms with Gasteiger partial charge in [0.15, 0.2) is 0 Å². The molecule has 1 rings (SSSR count). The molecule has 0 aliphatic rings. The number of hydrogen-bond donors (Lipinski definition) is 2. The summed E-state index contributed by atoms with van der Waals surface area (Å²) in [4.78, 5) is 21.7. The van der Waals surface area contributed by atoms with Gasteiger partial charge in [-0.25, -0.2) is 4.79 Å². The van der Waals surface area contributed by atoms with E-state index < -0.39 is 36.1 Å². The molecule has 1 aromatic carbocycles. The summed E-state index contributed by atoms with van der Waals surface area (Å²) in [6.45, 7) is 1.10. The van der Waals surface area contributed by atoms with E-state index in [1.54, 1.807) is 0 Å². The fourth-order valence-electron chi connectivity index (χ4n) is 1.64. The van der Waals surface area contributed by atoms with Crippen molar-refractivity contribution in [2.24, 2.45) is 0 Å². The van der Waals surface area contributed by atoms with Crippen molar-refractivity contribution in [1.29, 1.82) is 0 Å². The molecule has 0 radical (unpaired) electrons. The van der Waals surface area contributed by atoms with Gasteiger partial charge >= 0.3 is 12.1 Å². The van der Waals surface area contributed by atoms with Gasteiger partial charge in [0, 0.05) is 13.3 Å². The molecule has 1 aromatic rings. The van der Waals surface area contributed by atoms with Crippen LogP contribution in [0.15, 0.2) is 24.3 Å². The Bertz CT molecular complexity index is 485. The van der Waals surface area contributed by atoms with Gasteiger partial charge in [-0.3, -0.25) is 4.79 Å². The summed E-state index contributed by atoms with van der Waals surface area (Å²) in [5.41, 5.74) is -1.07. The Morgan fingerprint density at radius 1 is 1.32 bits per heavy atom. The highest BCUT2D eigenvalue weighted by atomic mass is 19.4. The molecule has 0 saturated heterocycles. The molecule has 2 N–H and O–H groups in total. The molecule has 0 aliphatic carbocycles. The van der Waals surface area contributed by atoms with Crippen molar-refractivity contribution < 1.29 is 27.9 Å². The maximum Gasteiger partial charge on any atom is 0.416 e. The molecule has 0 fully saturated rings. The van der Waals surface area contributed by atoms with Crippen molar-refractivity contribution in [2.45, 2.75) is 25.6 Å². The van der Waals surface area contributed by atoms with Crippen LogP contribution < -0.4 is 5.32 Å². The Hall–Kier alpha value is -2.05. The van der Waals surface area contributed by atoms with Crippen molar-refractivity contribution in [2.75, 3.05) is 0 Å². The molecular formula is C12H12F3NO3. The number of carbonyl (C=O) groups is 2. The van der Waals surface area contributed by atoms with Gasteiger partial charge in [-0.2, -0.15) is 13.2 Å². The highest BCUT2D eigenvalue weighted by Crippen LogP contribution is 2.32. The van der Waals surface area contributed by atoms with Gasteiger partial charge in [0.05, 0.1) is 5.56 Å². The minimum absolute atomic E-state index is 0.170. The highest BCUT2D eigenvalue weighted by molar-refractivity contribution is 5.82. The van der Waals surface area contributed by atoms with E-state index in [1.165, 1.54) is 18.2 Å². The van der Waals surface area contributed by atoms with Crippen LogP contribution in [0.2, 0.25) is 0 Å². The number of rotatable bonds is 4. The molecule has 1 atom stereocenters. The first-order chi connectivity index (χ1) is 8.71. The minimum Gasteiger partial charge on any atom is -0.480 e. The average Bonchev–Trinajstić information content (AvgIpc) is 2.26. The van der Waals surface area contributed by atoms with E-state index in [1.807, 2.05) is 0 Å². The number of amides is 1. The van der Waals surface area contributed by atoms with E-state index in [0.29, 0.717) is 0 Å². The number of aliphatic carboxylic acids is 1. The van der Waals surface area contributed by atoms with Gasteiger partial charge in [0.1, 0.15) is 6.04 Å². The van der Waals surface area contributed by atoms with E-state index in [0.717, 1.165) is 13.0 Å². The Morgan fingerprint density at radius 2 is 1.89 bits per heavy atom. The van der Waals surface area contributed by atoms with Crippen LogP contribution in [-0.2, 0) is 22.2 Å². The number of carboxylic acid groups (broad SMARTS) is 1. The molecule has 19 heavy (non-hydrogen) atoms. The number of halogens is 3. The normalized spacial score (nSPS) is 12.8. The van der Waals surface area contributed by atoms with Gasteiger partial charge in [-0.15, -0.1) is 0 Å². The molecule has 0 heterocycles. The monoisotopic (exact) mass is 275 g/mol. The van der Waals surface area contributed by atoms with Gasteiger partial charge in [0.25, 0.3) is 0 Å².